The van der Waals surface area contributed by atoms with Gasteiger partial charge < -0.3 is 15.1 Å². The highest BCUT2D eigenvalue weighted by Gasteiger charge is 2.29. The molecule has 116 valence electrons. The molecule has 7 nitrogen and oxygen atoms in total. The minimum atomic E-state index is 0.0254. The predicted octanol–water partition coefficient (Wildman–Crippen LogP) is 2.68. The molecule has 0 saturated heterocycles. The fourth-order valence-corrected chi connectivity index (χ4v) is 2.50. The molecule has 1 aliphatic carbocycles. The molecule has 0 bridgehead atoms. The zero-order valence-electron chi connectivity index (χ0n) is 12.5. The summed E-state index contributed by atoms with van der Waals surface area (Å²) in [4.78, 5) is 24.8. The summed E-state index contributed by atoms with van der Waals surface area (Å²) >= 11 is 0. The van der Waals surface area contributed by atoms with Crippen LogP contribution in [0.25, 0.3) is 22.2 Å². The molecule has 0 aliphatic heterocycles. The number of rotatable bonds is 4. The zero-order chi connectivity index (χ0) is 15.8. The Kier molecular flexibility index (Phi) is 3.18. The van der Waals surface area contributed by atoms with Gasteiger partial charge in [0.1, 0.15) is 17.9 Å². The normalized spacial score (nSPS) is 14.0. The Morgan fingerprint density at radius 3 is 2.78 bits per heavy atom. The Morgan fingerprint density at radius 2 is 2.09 bits per heavy atom. The third-order valence-electron chi connectivity index (χ3n) is 3.87. The number of hydrogen-bond donors (Lipinski definition) is 2. The third-order valence-corrected chi connectivity index (χ3v) is 3.87. The highest BCUT2D eigenvalue weighted by molar-refractivity contribution is 6.02. The standard InChI is InChI=1S/C16H15N5O2/c1-17-14-11-7-19-13(21-15(22)9-2-3-9)6-10(11)12(8-20-14)16-18-4-5-23-16/h4-9H,2-3H2,1H3,(H,17,20)(H,19,21,22). The first-order valence-electron chi connectivity index (χ1n) is 7.43. The number of nitrogens with one attached hydrogen (secondary N) is 2. The smallest absolute Gasteiger partial charge is 0.228 e. The number of aromatic nitrogens is 3. The fourth-order valence-electron chi connectivity index (χ4n) is 2.50. The topological polar surface area (TPSA) is 92.9 Å². The molecular weight excluding hydrogens is 294 g/mol. The SMILES string of the molecule is CNc1ncc(-c2ncco2)c2cc(NC(=O)C3CC3)ncc12. The molecule has 1 saturated carbocycles. The molecule has 7 heteroatoms. The van der Waals surface area contributed by atoms with Gasteiger partial charge in [-0.05, 0) is 18.9 Å². The Labute approximate surface area is 132 Å². The van der Waals surface area contributed by atoms with E-state index in [0.717, 1.165) is 29.2 Å². The molecule has 1 aliphatic rings. The van der Waals surface area contributed by atoms with Crippen molar-refractivity contribution in [2.24, 2.45) is 5.92 Å². The van der Waals surface area contributed by atoms with Crippen LogP contribution in [0.3, 0.4) is 0 Å². The molecule has 2 N–H and O–H groups in total. The van der Waals surface area contributed by atoms with E-state index in [1.165, 1.54) is 6.26 Å². The molecule has 0 aromatic carbocycles. The van der Waals surface area contributed by atoms with Crippen molar-refractivity contribution in [1.29, 1.82) is 0 Å². The van der Waals surface area contributed by atoms with Crippen LogP contribution >= 0.6 is 0 Å². The second-order valence-corrected chi connectivity index (χ2v) is 5.49. The van der Waals surface area contributed by atoms with Crippen molar-refractivity contribution in [2.75, 3.05) is 17.7 Å². The van der Waals surface area contributed by atoms with Gasteiger partial charge in [-0.2, -0.15) is 0 Å². The van der Waals surface area contributed by atoms with E-state index in [1.54, 1.807) is 25.6 Å². The molecule has 0 unspecified atom stereocenters. The van der Waals surface area contributed by atoms with Crippen molar-refractivity contribution < 1.29 is 9.21 Å². The number of oxazole rings is 1. The van der Waals surface area contributed by atoms with E-state index in [1.807, 2.05) is 6.07 Å². The average molecular weight is 309 g/mol. The zero-order valence-corrected chi connectivity index (χ0v) is 12.5. The van der Waals surface area contributed by atoms with Gasteiger partial charge in [-0.3, -0.25) is 4.79 Å². The first kappa shape index (κ1) is 13.7. The Balaban J connectivity index is 1.83. The van der Waals surface area contributed by atoms with E-state index in [-0.39, 0.29) is 11.8 Å². The quantitative estimate of drug-likeness (QED) is 0.769. The summed E-state index contributed by atoms with van der Waals surface area (Å²) in [6.45, 7) is 0. The predicted molar refractivity (Wildman–Crippen MR) is 85.9 cm³/mol. The molecule has 3 aromatic heterocycles. The fraction of sp³-hybridized carbons (Fsp3) is 0.250. The van der Waals surface area contributed by atoms with Crippen molar-refractivity contribution in [1.82, 2.24) is 15.0 Å². The summed E-state index contributed by atoms with van der Waals surface area (Å²) in [6, 6.07) is 1.83. The Morgan fingerprint density at radius 1 is 1.22 bits per heavy atom. The van der Waals surface area contributed by atoms with Crippen molar-refractivity contribution in [3.8, 4) is 11.5 Å². The third kappa shape index (κ3) is 2.50. The number of hydrogen-bond acceptors (Lipinski definition) is 6. The monoisotopic (exact) mass is 309 g/mol. The number of carbonyl (C=O) groups excluding carboxylic acids is 1. The maximum Gasteiger partial charge on any atom is 0.228 e. The molecular formula is C16H15N5O2. The summed E-state index contributed by atoms with van der Waals surface area (Å²) in [5.41, 5.74) is 0.758. The van der Waals surface area contributed by atoms with E-state index >= 15 is 0 Å². The first-order chi connectivity index (χ1) is 11.3. The number of carbonyl (C=O) groups is 1. The minimum Gasteiger partial charge on any atom is -0.444 e. The number of anilines is 2. The van der Waals surface area contributed by atoms with Crippen molar-refractivity contribution in [2.45, 2.75) is 12.8 Å². The molecule has 23 heavy (non-hydrogen) atoms. The van der Waals surface area contributed by atoms with Crippen molar-refractivity contribution in [3.05, 3.63) is 30.9 Å². The number of fused-ring (bicyclic) bond motifs is 1. The highest BCUT2D eigenvalue weighted by Crippen LogP contribution is 2.33. The largest absolute Gasteiger partial charge is 0.444 e. The van der Waals surface area contributed by atoms with E-state index in [0.29, 0.717) is 17.5 Å². The summed E-state index contributed by atoms with van der Waals surface area (Å²) in [5, 5.41) is 7.61. The molecule has 1 amide bonds. The number of amides is 1. The van der Waals surface area contributed by atoms with Crippen LogP contribution in [-0.2, 0) is 4.79 Å². The lowest BCUT2D eigenvalue weighted by atomic mass is 10.1. The van der Waals surface area contributed by atoms with Gasteiger partial charge in [0.05, 0.1) is 11.8 Å². The van der Waals surface area contributed by atoms with Gasteiger partial charge in [0.25, 0.3) is 0 Å². The van der Waals surface area contributed by atoms with Crippen molar-refractivity contribution in [3.63, 3.8) is 0 Å². The Bertz CT molecular complexity index is 872. The van der Waals surface area contributed by atoms with E-state index in [9.17, 15) is 4.79 Å². The lowest BCUT2D eigenvalue weighted by Crippen LogP contribution is -2.14. The van der Waals surface area contributed by atoms with Crippen LogP contribution in [0.2, 0.25) is 0 Å². The lowest BCUT2D eigenvalue weighted by Gasteiger charge is -2.10. The summed E-state index contributed by atoms with van der Waals surface area (Å²) in [6.07, 6.45) is 8.41. The van der Waals surface area contributed by atoms with Gasteiger partial charge in [0, 0.05) is 36.1 Å². The van der Waals surface area contributed by atoms with Crippen LogP contribution in [0.1, 0.15) is 12.8 Å². The maximum absolute atomic E-state index is 11.9. The van der Waals surface area contributed by atoms with Crippen LogP contribution in [0.5, 0.6) is 0 Å². The van der Waals surface area contributed by atoms with Gasteiger partial charge in [-0.1, -0.05) is 0 Å². The van der Waals surface area contributed by atoms with Crippen LogP contribution in [0.4, 0.5) is 11.6 Å². The van der Waals surface area contributed by atoms with Crippen LogP contribution < -0.4 is 10.6 Å². The van der Waals surface area contributed by atoms with Gasteiger partial charge in [-0.15, -0.1) is 0 Å². The molecule has 0 atom stereocenters. The maximum atomic E-state index is 11.9. The molecule has 3 aromatic rings. The molecule has 0 radical (unpaired) electrons. The van der Waals surface area contributed by atoms with Crippen LogP contribution in [-0.4, -0.2) is 27.9 Å². The second-order valence-electron chi connectivity index (χ2n) is 5.49. The molecule has 0 spiro atoms. The average Bonchev–Trinajstić information content (AvgIpc) is 3.29. The minimum absolute atomic E-state index is 0.0254. The Hall–Kier alpha value is -2.96. The van der Waals surface area contributed by atoms with Gasteiger partial charge >= 0.3 is 0 Å². The summed E-state index contributed by atoms with van der Waals surface area (Å²) in [7, 11) is 1.80. The molecule has 3 heterocycles. The van der Waals surface area contributed by atoms with E-state index in [2.05, 4.69) is 25.6 Å². The van der Waals surface area contributed by atoms with Gasteiger partial charge in [0.15, 0.2) is 0 Å². The first-order valence-corrected chi connectivity index (χ1v) is 7.43. The number of nitrogens with zero attached hydrogens (tertiary/aromatic N) is 3. The van der Waals surface area contributed by atoms with E-state index < -0.39 is 0 Å². The summed E-state index contributed by atoms with van der Waals surface area (Å²) in [5.74, 6) is 1.87. The van der Waals surface area contributed by atoms with Crippen LogP contribution in [0.15, 0.2) is 35.3 Å². The number of pyridine rings is 2. The van der Waals surface area contributed by atoms with Crippen molar-refractivity contribution >= 4 is 28.3 Å². The van der Waals surface area contributed by atoms with Gasteiger partial charge in [-0.25, -0.2) is 15.0 Å². The van der Waals surface area contributed by atoms with Crippen LogP contribution in [0, 0.1) is 5.92 Å². The molecule has 4 rings (SSSR count). The van der Waals surface area contributed by atoms with Gasteiger partial charge in [0.2, 0.25) is 11.8 Å². The highest BCUT2D eigenvalue weighted by atomic mass is 16.3. The van der Waals surface area contributed by atoms with E-state index in [4.69, 9.17) is 4.42 Å². The summed E-state index contributed by atoms with van der Waals surface area (Å²) < 4.78 is 5.39. The second kappa shape index (κ2) is 5.35. The lowest BCUT2D eigenvalue weighted by molar-refractivity contribution is -0.117. The molecule has 1 fully saturated rings.